The molecule has 10 heteroatoms. The summed E-state index contributed by atoms with van der Waals surface area (Å²) in [5.41, 5.74) is 0.676. The van der Waals surface area contributed by atoms with Crippen LogP contribution in [0.5, 0.6) is 0 Å². The molecule has 0 bridgehead atoms. The fourth-order valence-corrected chi connectivity index (χ4v) is 4.45. The van der Waals surface area contributed by atoms with E-state index in [9.17, 15) is 14.9 Å². The Kier molecular flexibility index (Phi) is 4.39. The predicted octanol–water partition coefficient (Wildman–Crippen LogP) is 2.80. The number of fused-ring (bicyclic) bond motifs is 1. The number of thioether (sulfide) groups is 1. The monoisotopic (exact) mass is 397 g/mol. The molecule has 0 aromatic carbocycles. The molecule has 0 aliphatic rings. The van der Waals surface area contributed by atoms with Crippen LogP contribution in [0.2, 0.25) is 0 Å². The zero-order valence-electron chi connectivity index (χ0n) is 13.9. The maximum atomic E-state index is 12.6. The number of nitriles is 1. The SMILES string of the molecule is Cc1[nH]c(=O)nc(SCc2nc3scc(-c4ccco4)c3c(=O)[nH]2)c1C#N. The van der Waals surface area contributed by atoms with Crippen molar-refractivity contribution in [3.63, 3.8) is 0 Å². The minimum absolute atomic E-state index is 0.265. The van der Waals surface area contributed by atoms with Gasteiger partial charge in [-0.2, -0.15) is 10.2 Å². The van der Waals surface area contributed by atoms with Gasteiger partial charge in [0.1, 0.15) is 33.1 Å². The Morgan fingerprint density at radius 1 is 1.33 bits per heavy atom. The number of hydrogen-bond acceptors (Lipinski definition) is 8. The van der Waals surface area contributed by atoms with Gasteiger partial charge in [-0.25, -0.2) is 9.78 Å². The molecule has 0 aliphatic carbocycles. The van der Waals surface area contributed by atoms with Crippen molar-refractivity contribution >= 4 is 33.3 Å². The van der Waals surface area contributed by atoms with Crippen molar-refractivity contribution < 1.29 is 4.42 Å². The first kappa shape index (κ1) is 17.3. The van der Waals surface area contributed by atoms with Gasteiger partial charge in [0.2, 0.25) is 0 Å². The smallest absolute Gasteiger partial charge is 0.346 e. The van der Waals surface area contributed by atoms with E-state index in [0.29, 0.717) is 43.6 Å². The van der Waals surface area contributed by atoms with Crippen molar-refractivity contribution in [2.45, 2.75) is 17.7 Å². The van der Waals surface area contributed by atoms with E-state index in [-0.39, 0.29) is 11.3 Å². The third-order valence-electron chi connectivity index (χ3n) is 3.82. The lowest BCUT2D eigenvalue weighted by atomic mass is 10.2. The van der Waals surface area contributed by atoms with Gasteiger partial charge in [0.05, 0.1) is 17.4 Å². The summed E-state index contributed by atoms with van der Waals surface area (Å²) >= 11 is 2.53. The quantitative estimate of drug-likeness (QED) is 0.400. The average molecular weight is 397 g/mol. The Hall–Kier alpha value is -3.16. The van der Waals surface area contributed by atoms with E-state index >= 15 is 0 Å². The van der Waals surface area contributed by atoms with E-state index in [2.05, 4.69) is 19.9 Å². The number of H-pyrrole nitrogens is 2. The summed E-state index contributed by atoms with van der Waals surface area (Å²) in [6.45, 7) is 1.64. The molecule has 0 aliphatic heterocycles. The first-order valence-corrected chi connectivity index (χ1v) is 9.61. The van der Waals surface area contributed by atoms with Crippen LogP contribution in [0.1, 0.15) is 17.1 Å². The fourth-order valence-electron chi connectivity index (χ4n) is 2.61. The zero-order chi connectivity index (χ0) is 19.0. The fraction of sp³-hybridized carbons (Fsp3) is 0.118. The summed E-state index contributed by atoms with van der Waals surface area (Å²) < 4.78 is 5.38. The van der Waals surface area contributed by atoms with Crippen LogP contribution in [0.4, 0.5) is 0 Å². The highest BCUT2D eigenvalue weighted by Crippen LogP contribution is 2.31. The lowest BCUT2D eigenvalue weighted by Gasteiger charge is -2.04. The lowest BCUT2D eigenvalue weighted by molar-refractivity contribution is 0.583. The number of rotatable bonds is 4. The summed E-state index contributed by atoms with van der Waals surface area (Å²) in [5, 5.41) is 11.9. The summed E-state index contributed by atoms with van der Waals surface area (Å²) in [6.07, 6.45) is 1.55. The van der Waals surface area contributed by atoms with Crippen LogP contribution in [-0.4, -0.2) is 19.9 Å². The lowest BCUT2D eigenvalue weighted by Crippen LogP contribution is -2.15. The predicted molar refractivity (Wildman–Crippen MR) is 102 cm³/mol. The molecule has 2 N–H and O–H groups in total. The Morgan fingerprint density at radius 2 is 2.19 bits per heavy atom. The largest absolute Gasteiger partial charge is 0.464 e. The molecule has 0 atom stereocenters. The van der Waals surface area contributed by atoms with Gasteiger partial charge in [-0.05, 0) is 19.1 Å². The number of nitrogens with one attached hydrogen (secondary N) is 2. The van der Waals surface area contributed by atoms with E-state index in [1.54, 1.807) is 25.3 Å². The zero-order valence-corrected chi connectivity index (χ0v) is 15.5. The van der Waals surface area contributed by atoms with Crippen LogP contribution in [0.15, 0.2) is 42.8 Å². The van der Waals surface area contributed by atoms with Gasteiger partial charge < -0.3 is 14.4 Å². The highest BCUT2D eigenvalue weighted by molar-refractivity contribution is 7.98. The maximum absolute atomic E-state index is 12.6. The van der Waals surface area contributed by atoms with Crippen molar-refractivity contribution in [1.82, 2.24) is 19.9 Å². The average Bonchev–Trinajstić information content (AvgIpc) is 3.29. The molecule has 134 valence electrons. The van der Waals surface area contributed by atoms with Crippen molar-refractivity contribution in [3.8, 4) is 17.4 Å². The van der Waals surface area contributed by atoms with Gasteiger partial charge in [-0.3, -0.25) is 4.79 Å². The molecule has 0 saturated heterocycles. The molecule has 0 radical (unpaired) electrons. The van der Waals surface area contributed by atoms with Crippen LogP contribution in [0.25, 0.3) is 21.5 Å². The van der Waals surface area contributed by atoms with E-state index in [4.69, 9.17) is 4.42 Å². The Labute approximate surface area is 159 Å². The van der Waals surface area contributed by atoms with Crippen molar-refractivity contribution in [2.75, 3.05) is 0 Å². The molecule has 0 amide bonds. The number of aryl methyl sites for hydroxylation is 1. The van der Waals surface area contributed by atoms with Gasteiger partial charge in [0.25, 0.3) is 5.56 Å². The number of aromatic nitrogens is 4. The molecular weight excluding hydrogens is 386 g/mol. The summed E-state index contributed by atoms with van der Waals surface area (Å²) in [7, 11) is 0. The molecule has 4 rings (SSSR count). The van der Waals surface area contributed by atoms with Gasteiger partial charge in [-0.15, -0.1) is 11.3 Å². The number of furan rings is 1. The van der Waals surface area contributed by atoms with Crippen molar-refractivity contribution in [3.05, 3.63) is 61.7 Å². The summed E-state index contributed by atoms with van der Waals surface area (Å²) in [6, 6.07) is 5.58. The maximum Gasteiger partial charge on any atom is 0.346 e. The van der Waals surface area contributed by atoms with E-state index in [1.807, 2.05) is 11.4 Å². The second-order valence-electron chi connectivity index (χ2n) is 5.57. The Bertz CT molecular complexity index is 1300. The molecular formula is C17H11N5O3S2. The van der Waals surface area contributed by atoms with Gasteiger partial charge in [0, 0.05) is 16.6 Å². The number of thiophene rings is 1. The Balaban J connectivity index is 1.68. The standard InChI is InChI=1S/C17H11N5O3S2/c1-8-9(5-18)15(22-17(24)19-8)27-7-12-20-14(23)13-10(6-26-16(13)21-12)11-3-2-4-25-11/h2-4,6H,7H2,1H3,(H,19,22,24)(H,20,21,23). The summed E-state index contributed by atoms with van der Waals surface area (Å²) in [5.74, 6) is 1.32. The van der Waals surface area contributed by atoms with Crippen LogP contribution >= 0.6 is 23.1 Å². The van der Waals surface area contributed by atoms with Gasteiger partial charge in [-0.1, -0.05) is 11.8 Å². The minimum atomic E-state index is -0.521. The first-order valence-electron chi connectivity index (χ1n) is 7.75. The van der Waals surface area contributed by atoms with Crippen molar-refractivity contribution in [1.29, 1.82) is 5.26 Å². The highest BCUT2D eigenvalue weighted by atomic mass is 32.2. The van der Waals surface area contributed by atoms with E-state index < -0.39 is 5.69 Å². The molecule has 0 saturated carbocycles. The van der Waals surface area contributed by atoms with Crippen LogP contribution < -0.4 is 11.2 Å². The van der Waals surface area contributed by atoms with Gasteiger partial charge in [0.15, 0.2) is 0 Å². The second kappa shape index (κ2) is 6.86. The van der Waals surface area contributed by atoms with Crippen molar-refractivity contribution in [2.24, 2.45) is 0 Å². The van der Waals surface area contributed by atoms with E-state index in [1.165, 1.54) is 23.1 Å². The molecule has 4 aromatic rings. The molecule has 4 aromatic heterocycles. The van der Waals surface area contributed by atoms with Crippen LogP contribution in [0, 0.1) is 18.3 Å². The normalized spacial score (nSPS) is 11.0. The first-order chi connectivity index (χ1) is 13.1. The highest BCUT2D eigenvalue weighted by Gasteiger charge is 2.16. The molecule has 0 fully saturated rings. The minimum Gasteiger partial charge on any atom is -0.464 e. The topological polar surface area (TPSA) is 128 Å². The van der Waals surface area contributed by atoms with Gasteiger partial charge >= 0.3 is 5.69 Å². The molecule has 27 heavy (non-hydrogen) atoms. The molecule has 4 heterocycles. The van der Waals surface area contributed by atoms with Crippen LogP contribution in [0.3, 0.4) is 0 Å². The van der Waals surface area contributed by atoms with Crippen LogP contribution in [-0.2, 0) is 5.75 Å². The molecule has 0 spiro atoms. The number of nitrogens with zero attached hydrogens (tertiary/aromatic N) is 3. The summed E-state index contributed by atoms with van der Waals surface area (Å²) in [4.78, 5) is 38.3. The molecule has 8 nitrogen and oxygen atoms in total. The third-order valence-corrected chi connectivity index (χ3v) is 5.68. The van der Waals surface area contributed by atoms with E-state index in [0.717, 1.165) is 0 Å². The number of aromatic amines is 2. The number of hydrogen-bond donors (Lipinski definition) is 2. The molecule has 0 unspecified atom stereocenters. The Morgan fingerprint density at radius 3 is 2.93 bits per heavy atom. The third kappa shape index (κ3) is 3.18. The second-order valence-corrected chi connectivity index (χ2v) is 7.39.